The molecule has 3 rings (SSSR count). The third-order valence-electron chi connectivity index (χ3n) is 5.26. The molecule has 0 saturated carbocycles. The molecule has 0 aliphatic heterocycles. The molecule has 170 valence electrons. The lowest BCUT2D eigenvalue weighted by molar-refractivity contribution is 0.0929. The van der Waals surface area contributed by atoms with Crippen molar-refractivity contribution in [1.29, 1.82) is 0 Å². The summed E-state index contributed by atoms with van der Waals surface area (Å²) < 4.78 is 3.06. The van der Waals surface area contributed by atoms with Gasteiger partial charge in [0.2, 0.25) is 0 Å². The summed E-state index contributed by atoms with van der Waals surface area (Å²) in [6, 6.07) is 14.2. The van der Waals surface area contributed by atoms with E-state index in [1.165, 1.54) is 22.5 Å². The molecule has 1 aromatic heterocycles. The van der Waals surface area contributed by atoms with E-state index in [-0.39, 0.29) is 11.9 Å². The van der Waals surface area contributed by atoms with Crippen LogP contribution in [0.4, 0.5) is 5.69 Å². The molecule has 2 aromatic carbocycles. The number of carbonyl (C=O) groups is 1. The summed E-state index contributed by atoms with van der Waals surface area (Å²) in [6.45, 7) is 7.57. The van der Waals surface area contributed by atoms with Crippen LogP contribution in [0.1, 0.15) is 59.4 Å². The van der Waals surface area contributed by atoms with Crippen LogP contribution in [0.25, 0.3) is 0 Å². The number of carbonyl (C=O) groups excluding carboxylic acids is 1. The molecule has 0 spiro atoms. The van der Waals surface area contributed by atoms with Crippen molar-refractivity contribution >= 4 is 38.9 Å². The number of hydrogen-bond acceptors (Lipinski definition) is 4. The van der Waals surface area contributed by atoms with Crippen molar-refractivity contribution in [3.63, 3.8) is 0 Å². The lowest BCUT2D eigenvalue weighted by atomic mass is 10.1. The van der Waals surface area contributed by atoms with E-state index in [1.807, 2.05) is 41.1 Å². The number of hydrogen-bond donors (Lipinski definition) is 2. The van der Waals surface area contributed by atoms with Crippen LogP contribution in [-0.4, -0.2) is 17.0 Å². The van der Waals surface area contributed by atoms with Crippen LogP contribution >= 0.6 is 27.3 Å². The third kappa shape index (κ3) is 6.64. The smallest absolute Gasteiger partial charge is 0.269 e. The summed E-state index contributed by atoms with van der Waals surface area (Å²) in [5.41, 5.74) is 10.6. The summed E-state index contributed by atoms with van der Waals surface area (Å²) in [5.74, 6) is -0.0858. The van der Waals surface area contributed by atoms with Crippen LogP contribution in [0.5, 0.6) is 0 Å². The third-order valence-corrected chi connectivity index (χ3v) is 6.66. The van der Waals surface area contributed by atoms with Gasteiger partial charge in [0, 0.05) is 16.4 Å². The molecule has 0 bridgehead atoms. The highest BCUT2D eigenvalue weighted by molar-refractivity contribution is 9.10. The highest BCUT2D eigenvalue weighted by Gasteiger charge is 2.17. The zero-order valence-corrected chi connectivity index (χ0v) is 21.3. The van der Waals surface area contributed by atoms with Crippen molar-refractivity contribution in [2.45, 2.75) is 52.6 Å². The Kier molecular flexibility index (Phi) is 8.84. The predicted molar refractivity (Wildman–Crippen MR) is 136 cm³/mol. The normalized spacial score (nSPS) is 12.7. The molecule has 3 aromatic rings. The standard InChI is InChI=1S/C25H31BrN4OS/c1-17-13-18(2)15-22(14-17)29-25-30(12-6-4-5-11-27)23(16-32-25)24(31)28-19(3)20-7-9-21(26)10-8-20/h7-10,13-16,19H,4-6,11-12,27H2,1-3H3,(H,28,31). The summed E-state index contributed by atoms with van der Waals surface area (Å²) in [5, 5.41) is 5.05. The number of benzene rings is 2. The maximum Gasteiger partial charge on any atom is 0.269 e. The lowest BCUT2D eigenvalue weighted by Crippen LogP contribution is -2.31. The fourth-order valence-corrected chi connectivity index (χ4v) is 4.83. The molecule has 0 saturated heterocycles. The quantitative estimate of drug-likeness (QED) is 0.355. The van der Waals surface area contributed by atoms with Gasteiger partial charge in [-0.05, 0) is 81.1 Å². The van der Waals surface area contributed by atoms with Crippen LogP contribution in [-0.2, 0) is 6.54 Å². The fourth-order valence-electron chi connectivity index (χ4n) is 3.64. The Morgan fingerprint density at radius 1 is 1.12 bits per heavy atom. The first-order chi connectivity index (χ1) is 15.4. The monoisotopic (exact) mass is 514 g/mol. The number of amides is 1. The van der Waals surface area contributed by atoms with Crippen molar-refractivity contribution in [3.8, 4) is 0 Å². The average molecular weight is 516 g/mol. The van der Waals surface area contributed by atoms with Gasteiger partial charge in [-0.1, -0.05) is 40.5 Å². The molecule has 1 unspecified atom stereocenters. The van der Waals surface area contributed by atoms with Gasteiger partial charge in [-0.2, -0.15) is 0 Å². The first-order valence-corrected chi connectivity index (χ1v) is 12.6. The van der Waals surface area contributed by atoms with Gasteiger partial charge in [0.15, 0.2) is 4.80 Å². The molecule has 0 aliphatic rings. The average Bonchev–Trinajstić information content (AvgIpc) is 3.13. The zero-order valence-electron chi connectivity index (χ0n) is 18.9. The van der Waals surface area contributed by atoms with Gasteiger partial charge in [-0.25, -0.2) is 4.99 Å². The summed E-state index contributed by atoms with van der Waals surface area (Å²) in [7, 11) is 0. The van der Waals surface area contributed by atoms with Crippen molar-refractivity contribution in [3.05, 3.63) is 79.5 Å². The molecule has 0 fully saturated rings. The number of aromatic nitrogens is 1. The summed E-state index contributed by atoms with van der Waals surface area (Å²) in [4.78, 5) is 18.9. The molecule has 3 N–H and O–H groups in total. The van der Waals surface area contributed by atoms with E-state index in [0.29, 0.717) is 12.2 Å². The number of nitrogens with one attached hydrogen (secondary N) is 1. The second-order valence-corrected chi connectivity index (χ2v) is 9.86. The molecule has 32 heavy (non-hydrogen) atoms. The number of nitrogens with zero attached hydrogens (tertiary/aromatic N) is 2. The number of nitrogens with two attached hydrogens (primary N) is 1. The number of halogens is 1. The van der Waals surface area contributed by atoms with E-state index < -0.39 is 0 Å². The topological polar surface area (TPSA) is 72.4 Å². The number of aryl methyl sites for hydroxylation is 2. The molecule has 7 heteroatoms. The molecule has 5 nitrogen and oxygen atoms in total. The number of unbranched alkanes of at least 4 members (excludes halogenated alkanes) is 2. The summed E-state index contributed by atoms with van der Waals surface area (Å²) >= 11 is 4.96. The van der Waals surface area contributed by atoms with E-state index >= 15 is 0 Å². The van der Waals surface area contributed by atoms with Crippen LogP contribution in [0, 0.1) is 13.8 Å². The Balaban J connectivity index is 1.89. The minimum Gasteiger partial charge on any atom is -0.344 e. The molecule has 0 radical (unpaired) electrons. The van der Waals surface area contributed by atoms with E-state index in [0.717, 1.165) is 46.3 Å². The van der Waals surface area contributed by atoms with E-state index in [1.54, 1.807) is 0 Å². The molecule has 0 aliphatic carbocycles. The van der Waals surface area contributed by atoms with Gasteiger partial charge in [0.25, 0.3) is 5.91 Å². The van der Waals surface area contributed by atoms with Gasteiger partial charge in [-0.15, -0.1) is 11.3 Å². The van der Waals surface area contributed by atoms with Crippen molar-refractivity contribution in [2.24, 2.45) is 10.7 Å². The van der Waals surface area contributed by atoms with Crippen LogP contribution in [0.15, 0.2) is 57.3 Å². The maximum absolute atomic E-state index is 13.2. The maximum atomic E-state index is 13.2. The zero-order chi connectivity index (χ0) is 23.1. The van der Waals surface area contributed by atoms with Gasteiger partial charge < -0.3 is 15.6 Å². The largest absolute Gasteiger partial charge is 0.344 e. The highest BCUT2D eigenvalue weighted by atomic mass is 79.9. The van der Waals surface area contributed by atoms with Crippen LogP contribution in [0.2, 0.25) is 0 Å². The fraction of sp³-hybridized carbons (Fsp3) is 0.360. The van der Waals surface area contributed by atoms with Gasteiger partial charge in [0.05, 0.1) is 11.7 Å². The van der Waals surface area contributed by atoms with Crippen molar-refractivity contribution < 1.29 is 4.79 Å². The Labute approximate surface area is 202 Å². The van der Waals surface area contributed by atoms with Crippen molar-refractivity contribution in [1.82, 2.24) is 9.88 Å². The number of rotatable bonds is 9. The van der Waals surface area contributed by atoms with Crippen molar-refractivity contribution in [2.75, 3.05) is 6.54 Å². The first-order valence-electron chi connectivity index (χ1n) is 10.9. The van der Waals surface area contributed by atoms with E-state index in [4.69, 9.17) is 10.7 Å². The van der Waals surface area contributed by atoms with E-state index in [9.17, 15) is 4.79 Å². The highest BCUT2D eigenvalue weighted by Crippen LogP contribution is 2.19. The van der Waals surface area contributed by atoms with Gasteiger partial charge in [-0.3, -0.25) is 4.79 Å². The van der Waals surface area contributed by atoms with Crippen LogP contribution in [0.3, 0.4) is 0 Å². The van der Waals surface area contributed by atoms with Crippen LogP contribution < -0.4 is 15.9 Å². The lowest BCUT2D eigenvalue weighted by Gasteiger charge is -2.15. The first kappa shape index (κ1) is 24.4. The summed E-state index contributed by atoms with van der Waals surface area (Å²) in [6.07, 6.45) is 2.96. The molecular weight excluding hydrogens is 484 g/mol. The second kappa shape index (κ2) is 11.6. The Bertz CT molecular complexity index is 1100. The Morgan fingerprint density at radius 2 is 1.81 bits per heavy atom. The second-order valence-electron chi connectivity index (χ2n) is 8.11. The molecule has 1 amide bonds. The SMILES string of the molecule is Cc1cc(C)cc(N=c2scc(C(=O)NC(C)c3ccc(Br)cc3)n2CCCCCN)c1. The predicted octanol–water partition coefficient (Wildman–Crippen LogP) is 5.78. The van der Waals surface area contributed by atoms with Gasteiger partial charge >= 0.3 is 0 Å². The molecular formula is C25H31BrN4OS. The van der Waals surface area contributed by atoms with Gasteiger partial charge in [0.1, 0.15) is 5.69 Å². The molecule has 1 atom stereocenters. The van der Waals surface area contributed by atoms with E-state index in [2.05, 4.69) is 53.3 Å². The molecule has 1 heterocycles. The Hall–Kier alpha value is -2.22. The minimum atomic E-state index is -0.0963. The number of thiazole rings is 1. The Morgan fingerprint density at radius 3 is 2.47 bits per heavy atom. The minimum absolute atomic E-state index is 0.0858.